The summed E-state index contributed by atoms with van der Waals surface area (Å²) in [6, 6.07) is 5.70. The first kappa shape index (κ1) is 25.1. The van der Waals surface area contributed by atoms with Gasteiger partial charge in [0.1, 0.15) is 4.90 Å². The number of ether oxygens (including phenoxy) is 1. The molecular formula is C21H33NO6S. The molecule has 0 atom stereocenters. The Balaban J connectivity index is 2.55. The number of rotatable bonds is 15. The van der Waals surface area contributed by atoms with Gasteiger partial charge in [-0.2, -0.15) is 8.42 Å². The van der Waals surface area contributed by atoms with E-state index in [1.165, 1.54) is 24.6 Å². The van der Waals surface area contributed by atoms with Crippen LogP contribution in [0.2, 0.25) is 0 Å². The largest absolute Gasteiger partial charge is 0.425 e. The van der Waals surface area contributed by atoms with Crippen LogP contribution < -0.4 is 10.2 Å². The van der Waals surface area contributed by atoms with Crippen LogP contribution in [-0.2, 0) is 24.0 Å². The molecule has 164 valence electrons. The van der Waals surface area contributed by atoms with Crippen molar-refractivity contribution in [3.63, 3.8) is 0 Å². The highest BCUT2D eigenvalue weighted by molar-refractivity contribution is 7.86. The number of hydrogen-bond donors (Lipinski definition) is 1. The molecule has 0 saturated carbocycles. The topological polar surface area (TPSA) is 98.8 Å². The number of amides is 1. The highest BCUT2D eigenvalue weighted by atomic mass is 32.2. The van der Waals surface area contributed by atoms with Gasteiger partial charge in [-0.05, 0) is 25.0 Å². The molecule has 0 aromatic heterocycles. The van der Waals surface area contributed by atoms with Crippen LogP contribution in [0.15, 0.2) is 29.2 Å². The molecule has 0 unspecified atom stereocenters. The lowest BCUT2D eigenvalue weighted by Gasteiger charge is -2.11. The SMILES string of the molecule is CCCCCCCCC(=O)NOS(=O)(=O)c1ccccc1OC(=O)CCCCC. The van der Waals surface area contributed by atoms with E-state index in [4.69, 9.17) is 4.74 Å². The van der Waals surface area contributed by atoms with Crippen molar-refractivity contribution >= 4 is 22.0 Å². The number of esters is 1. The van der Waals surface area contributed by atoms with Crippen molar-refractivity contribution in [2.24, 2.45) is 0 Å². The van der Waals surface area contributed by atoms with E-state index in [0.29, 0.717) is 12.8 Å². The lowest BCUT2D eigenvalue weighted by Crippen LogP contribution is -2.27. The lowest BCUT2D eigenvalue weighted by molar-refractivity contribution is -0.134. The standard InChI is InChI=1S/C21H33NO6S/c1-3-5-7-8-9-11-16-20(23)22-28-29(25,26)19-15-13-12-14-18(19)27-21(24)17-10-6-4-2/h12-15H,3-11,16-17H2,1-2H3,(H,22,23). The molecule has 0 saturated heterocycles. The number of carbonyl (C=O) groups is 2. The number of nitrogens with one attached hydrogen (secondary N) is 1. The zero-order chi connectivity index (χ0) is 21.5. The van der Waals surface area contributed by atoms with E-state index < -0.39 is 22.0 Å². The molecule has 1 amide bonds. The van der Waals surface area contributed by atoms with Crippen molar-refractivity contribution in [3.8, 4) is 5.75 Å². The molecule has 0 spiro atoms. The molecule has 0 fully saturated rings. The van der Waals surface area contributed by atoms with Gasteiger partial charge in [-0.3, -0.25) is 9.59 Å². The average Bonchev–Trinajstić information content (AvgIpc) is 2.69. The van der Waals surface area contributed by atoms with Crippen molar-refractivity contribution in [1.29, 1.82) is 0 Å². The number of para-hydroxylation sites is 1. The first-order valence-electron chi connectivity index (χ1n) is 10.4. The van der Waals surface area contributed by atoms with Crippen LogP contribution in [0.3, 0.4) is 0 Å². The maximum Gasteiger partial charge on any atom is 0.321 e. The molecule has 7 nitrogen and oxygen atoms in total. The summed E-state index contributed by atoms with van der Waals surface area (Å²) in [5.74, 6) is -1.12. The highest BCUT2D eigenvalue weighted by Gasteiger charge is 2.23. The van der Waals surface area contributed by atoms with Gasteiger partial charge in [0.2, 0.25) is 5.91 Å². The summed E-state index contributed by atoms with van der Waals surface area (Å²) in [6.07, 6.45) is 9.03. The Hall–Kier alpha value is -1.93. The third-order valence-electron chi connectivity index (χ3n) is 4.35. The van der Waals surface area contributed by atoms with Crippen molar-refractivity contribution in [2.45, 2.75) is 89.4 Å². The summed E-state index contributed by atoms with van der Waals surface area (Å²) >= 11 is 0. The first-order valence-corrected chi connectivity index (χ1v) is 11.8. The molecule has 1 rings (SSSR count). The predicted molar refractivity (Wildman–Crippen MR) is 111 cm³/mol. The Morgan fingerprint density at radius 2 is 1.45 bits per heavy atom. The van der Waals surface area contributed by atoms with Gasteiger partial charge in [0.25, 0.3) is 0 Å². The number of hydrogen-bond acceptors (Lipinski definition) is 6. The summed E-state index contributed by atoms with van der Waals surface area (Å²) in [6.45, 7) is 4.15. The summed E-state index contributed by atoms with van der Waals surface area (Å²) in [7, 11) is -4.31. The number of unbranched alkanes of at least 4 members (excludes halogenated alkanes) is 7. The fraction of sp³-hybridized carbons (Fsp3) is 0.619. The van der Waals surface area contributed by atoms with Gasteiger partial charge in [0, 0.05) is 12.8 Å². The first-order chi connectivity index (χ1) is 13.9. The summed E-state index contributed by atoms with van der Waals surface area (Å²) in [4.78, 5) is 23.4. The van der Waals surface area contributed by atoms with E-state index in [-0.39, 0.29) is 23.5 Å². The van der Waals surface area contributed by atoms with Crippen molar-refractivity contribution in [3.05, 3.63) is 24.3 Å². The fourth-order valence-electron chi connectivity index (χ4n) is 2.70. The molecule has 1 aromatic rings. The highest BCUT2D eigenvalue weighted by Crippen LogP contribution is 2.25. The third kappa shape index (κ3) is 10.4. The average molecular weight is 428 g/mol. The molecule has 29 heavy (non-hydrogen) atoms. The normalized spacial score (nSPS) is 11.2. The zero-order valence-corrected chi connectivity index (χ0v) is 18.3. The monoisotopic (exact) mass is 427 g/mol. The zero-order valence-electron chi connectivity index (χ0n) is 17.4. The second kappa shape index (κ2) is 14.1. The van der Waals surface area contributed by atoms with Gasteiger partial charge < -0.3 is 4.74 Å². The van der Waals surface area contributed by atoms with Crippen LogP contribution in [-0.4, -0.2) is 20.3 Å². The fourth-order valence-corrected chi connectivity index (χ4v) is 3.59. The number of hydroxylamine groups is 1. The second-order valence-electron chi connectivity index (χ2n) is 6.96. The molecule has 0 radical (unpaired) electrons. The molecule has 8 heteroatoms. The summed E-state index contributed by atoms with van der Waals surface area (Å²) < 4.78 is 34.7. The number of carbonyl (C=O) groups excluding carboxylic acids is 2. The summed E-state index contributed by atoms with van der Waals surface area (Å²) in [5.41, 5.74) is 1.98. The van der Waals surface area contributed by atoms with E-state index >= 15 is 0 Å². The quantitative estimate of drug-likeness (QED) is 0.189. The molecule has 0 aliphatic rings. The smallest absolute Gasteiger partial charge is 0.321 e. The van der Waals surface area contributed by atoms with Crippen LogP contribution >= 0.6 is 0 Å². The van der Waals surface area contributed by atoms with Crippen LogP contribution in [0, 0.1) is 0 Å². The van der Waals surface area contributed by atoms with Gasteiger partial charge >= 0.3 is 16.1 Å². The molecule has 1 aromatic carbocycles. The Labute approximate surface area is 174 Å². The Morgan fingerprint density at radius 1 is 0.862 bits per heavy atom. The van der Waals surface area contributed by atoms with Crippen LogP contribution in [0.1, 0.15) is 84.5 Å². The Kier molecular flexibility index (Phi) is 12.2. The minimum Gasteiger partial charge on any atom is -0.425 e. The minimum absolute atomic E-state index is 0.112. The Morgan fingerprint density at radius 3 is 2.17 bits per heavy atom. The van der Waals surface area contributed by atoms with Crippen LogP contribution in [0.5, 0.6) is 5.75 Å². The van der Waals surface area contributed by atoms with Crippen LogP contribution in [0.4, 0.5) is 0 Å². The van der Waals surface area contributed by atoms with Crippen molar-refractivity contribution in [1.82, 2.24) is 5.48 Å². The lowest BCUT2D eigenvalue weighted by atomic mass is 10.1. The molecule has 0 aliphatic carbocycles. The third-order valence-corrected chi connectivity index (χ3v) is 5.53. The molecule has 1 N–H and O–H groups in total. The molecule has 0 bridgehead atoms. The van der Waals surface area contributed by atoms with Gasteiger partial charge in [-0.1, -0.05) is 70.9 Å². The van der Waals surface area contributed by atoms with Crippen LogP contribution in [0.25, 0.3) is 0 Å². The van der Waals surface area contributed by atoms with E-state index in [1.54, 1.807) is 6.07 Å². The Bertz CT molecular complexity index is 732. The molecule has 0 aliphatic heterocycles. The van der Waals surface area contributed by atoms with Gasteiger partial charge in [-0.25, -0.2) is 5.48 Å². The molecular weight excluding hydrogens is 394 g/mol. The number of benzene rings is 1. The van der Waals surface area contributed by atoms with E-state index in [0.717, 1.165) is 38.5 Å². The van der Waals surface area contributed by atoms with E-state index in [1.807, 2.05) is 12.4 Å². The molecule has 0 heterocycles. The van der Waals surface area contributed by atoms with Gasteiger partial charge in [0.05, 0.1) is 0 Å². The van der Waals surface area contributed by atoms with Gasteiger partial charge in [-0.15, -0.1) is 4.28 Å². The van der Waals surface area contributed by atoms with E-state index in [9.17, 15) is 18.0 Å². The van der Waals surface area contributed by atoms with Gasteiger partial charge in [0.15, 0.2) is 5.75 Å². The van der Waals surface area contributed by atoms with Crippen molar-refractivity contribution < 1.29 is 27.0 Å². The maximum atomic E-state index is 12.4. The second-order valence-corrected chi connectivity index (χ2v) is 8.47. The minimum atomic E-state index is -4.31. The summed E-state index contributed by atoms with van der Waals surface area (Å²) in [5, 5.41) is 0. The maximum absolute atomic E-state index is 12.4. The predicted octanol–water partition coefficient (Wildman–Crippen LogP) is 4.66. The van der Waals surface area contributed by atoms with E-state index in [2.05, 4.69) is 11.2 Å². The van der Waals surface area contributed by atoms with Crippen molar-refractivity contribution in [2.75, 3.05) is 0 Å².